The van der Waals surface area contributed by atoms with Gasteiger partial charge in [-0.25, -0.2) is 0 Å². The van der Waals surface area contributed by atoms with Gasteiger partial charge in [0.05, 0.1) is 0 Å². The zero-order valence-corrected chi connectivity index (χ0v) is 10.9. The van der Waals surface area contributed by atoms with Gasteiger partial charge in [0.15, 0.2) is 3.79 Å². The van der Waals surface area contributed by atoms with E-state index < -0.39 is 3.79 Å². The Kier molecular flexibility index (Phi) is 4.16. The van der Waals surface area contributed by atoms with Crippen LogP contribution in [-0.4, -0.2) is 8.90 Å². The molecule has 0 bridgehead atoms. The summed E-state index contributed by atoms with van der Waals surface area (Å²) in [5.74, 6) is 0.485. The molecule has 0 atom stereocenters. The van der Waals surface area contributed by atoms with Crippen molar-refractivity contribution >= 4 is 34.8 Å². The zero-order chi connectivity index (χ0) is 11.6. The fraction of sp³-hybridized carbons (Fsp3) is 0.455. The molecule has 1 aromatic carbocycles. The van der Waals surface area contributed by atoms with Crippen LogP contribution in [0.2, 0.25) is 0 Å². The van der Waals surface area contributed by atoms with Crippen LogP contribution in [0.1, 0.15) is 30.9 Å². The third kappa shape index (κ3) is 3.75. The Morgan fingerprint density at radius 2 is 1.87 bits per heavy atom. The molecule has 84 valence electrons. The highest BCUT2D eigenvalue weighted by Crippen LogP contribution is 2.36. The molecule has 1 rings (SSSR count). The number of benzene rings is 1. The fourth-order valence-corrected chi connectivity index (χ4v) is 1.87. The number of phenols is 1. The van der Waals surface area contributed by atoms with Gasteiger partial charge < -0.3 is 5.11 Å². The van der Waals surface area contributed by atoms with Gasteiger partial charge >= 0.3 is 0 Å². The van der Waals surface area contributed by atoms with Crippen LogP contribution in [0.15, 0.2) is 18.2 Å². The van der Waals surface area contributed by atoms with E-state index in [1.54, 1.807) is 6.07 Å². The molecule has 1 N–H and O–H groups in total. The first-order valence-electron chi connectivity index (χ1n) is 4.69. The summed E-state index contributed by atoms with van der Waals surface area (Å²) in [4.78, 5) is 0. The topological polar surface area (TPSA) is 20.2 Å². The Morgan fingerprint density at radius 1 is 1.27 bits per heavy atom. The molecule has 1 aromatic rings. The quantitative estimate of drug-likeness (QED) is 0.786. The molecule has 0 saturated carbocycles. The average Bonchev–Trinajstić information content (AvgIpc) is 2.05. The van der Waals surface area contributed by atoms with Crippen molar-refractivity contribution in [2.24, 2.45) is 0 Å². The van der Waals surface area contributed by atoms with Crippen molar-refractivity contribution in [1.29, 1.82) is 0 Å². The van der Waals surface area contributed by atoms with Crippen molar-refractivity contribution in [2.75, 3.05) is 0 Å². The summed E-state index contributed by atoms with van der Waals surface area (Å²) in [5.41, 5.74) is 1.54. The SMILES string of the molecule is CC(C)c1cccc(CC(Cl)(Cl)Cl)c1O. The summed E-state index contributed by atoms with van der Waals surface area (Å²) < 4.78 is -1.37. The average molecular weight is 268 g/mol. The smallest absolute Gasteiger partial charge is 0.194 e. The van der Waals surface area contributed by atoms with E-state index in [1.807, 2.05) is 26.0 Å². The Morgan fingerprint density at radius 3 is 2.33 bits per heavy atom. The van der Waals surface area contributed by atoms with Crippen LogP contribution in [0.4, 0.5) is 0 Å². The summed E-state index contributed by atoms with van der Waals surface area (Å²) in [6.07, 6.45) is 0.212. The lowest BCUT2D eigenvalue weighted by atomic mass is 9.98. The highest BCUT2D eigenvalue weighted by atomic mass is 35.6. The lowest BCUT2D eigenvalue weighted by Crippen LogP contribution is -2.07. The van der Waals surface area contributed by atoms with Crippen molar-refractivity contribution in [1.82, 2.24) is 0 Å². The molecule has 0 aliphatic rings. The minimum atomic E-state index is -1.37. The van der Waals surface area contributed by atoms with Gasteiger partial charge in [-0.1, -0.05) is 66.8 Å². The van der Waals surface area contributed by atoms with Crippen LogP contribution in [-0.2, 0) is 6.42 Å². The van der Waals surface area contributed by atoms with E-state index in [0.717, 1.165) is 5.56 Å². The van der Waals surface area contributed by atoms with E-state index in [2.05, 4.69) is 0 Å². The first kappa shape index (κ1) is 13.0. The van der Waals surface area contributed by atoms with Crippen LogP contribution in [0.5, 0.6) is 5.75 Å². The third-order valence-electron chi connectivity index (χ3n) is 2.16. The molecule has 0 heterocycles. The Hall–Kier alpha value is -0.110. The lowest BCUT2D eigenvalue weighted by Gasteiger charge is -2.15. The number of aromatic hydroxyl groups is 1. The second kappa shape index (κ2) is 4.82. The zero-order valence-electron chi connectivity index (χ0n) is 8.60. The molecule has 0 spiro atoms. The number of rotatable bonds is 2. The predicted molar refractivity (Wildman–Crippen MR) is 66.2 cm³/mol. The molecular formula is C11H13Cl3O. The fourth-order valence-electron chi connectivity index (χ4n) is 1.44. The van der Waals surface area contributed by atoms with Crippen LogP contribution < -0.4 is 0 Å². The number of alkyl halides is 3. The molecule has 0 aliphatic carbocycles. The summed E-state index contributed by atoms with van der Waals surface area (Å²) >= 11 is 17.1. The van der Waals surface area contributed by atoms with Crippen LogP contribution in [0.3, 0.4) is 0 Å². The predicted octanol–water partition coefficient (Wildman–Crippen LogP) is 4.43. The normalized spacial score (nSPS) is 12.1. The number of phenolic OH excluding ortho intramolecular Hbond substituents is 1. The number of hydrogen-bond donors (Lipinski definition) is 1. The summed E-state index contributed by atoms with van der Waals surface area (Å²) in [6, 6.07) is 5.51. The molecule has 4 heteroatoms. The Balaban J connectivity index is 3.05. The van der Waals surface area contributed by atoms with E-state index in [0.29, 0.717) is 5.56 Å². The first-order valence-corrected chi connectivity index (χ1v) is 5.82. The molecular weight excluding hydrogens is 254 g/mol. The monoisotopic (exact) mass is 266 g/mol. The molecule has 0 radical (unpaired) electrons. The molecule has 0 amide bonds. The van der Waals surface area contributed by atoms with E-state index in [1.165, 1.54) is 0 Å². The van der Waals surface area contributed by atoms with Gasteiger partial charge in [-0.05, 0) is 17.0 Å². The maximum Gasteiger partial charge on any atom is 0.194 e. The highest BCUT2D eigenvalue weighted by Gasteiger charge is 2.23. The number of halogens is 3. The minimum absolute atomic E-state index is 0.212. The largest absolute Gasteiger partial charge is 0.507 e. The van der Waals surface area contributed by atoms with Crippen molar-refractivity contribution in [3.05, 3.63) is 29.3 Å². The molecule has 0 aromatic heterocycles. The molecule has 0 unspecified atom stereocenters. The standard InChI is InChI=1S/C11H13Cl3O/c1-7(2)9-5-3-4-8(10(9)15)6-11(12,13)14/h3-5,7,15H,6H2,1-2H3. The maximum atomic E-state index is 9.95. The first-order chi connectivity index (χ1) is 6.81. The van der Waals surface area contributed by atoms with Crippen molar-refractivity contribution in [3.63, 3.8) is 0 Å². The molecule has 0 aliphatic heterocycles. The van der Waals surface area contributed by atoms with E-state index in [4.69, 9.17) is 34.8 Å². The Bertz CT molecular complexity index is 342. The summed E-state index contributed by atoms with van der Waals surface area (Å²) in [6.45, 7) is 4.02. The van der Waals surface area contributed by atoms with Crippen LogP contribution >= 0.6 is 34.8 Å². The van der Waals surface area contributed by atoms with Gasteiger partial charge in [0.2, 0.25) is 0 Å². The lowest BCUT2D eigenvalue weighted by molar-refractivity contribution is 0.457. The van der Waals surface area contributed by atoms with E-state index >= 15 is 0 Å². The molecule has 15 heavy (non-hydrogen) atoms. The van der Waals surface area contributed by atoms with E-state index in [-0.39, 0.29) is 18.1 Å². The molecule has 1 nitrogen and oxygen atoms in total. The van der Waals surface area contributed by atoms with Gasteiger partial charge in [-0.2, -0.15) is 0 Å². The van der Waals surface area contributed by atoms with Crippen LogP contribution in [0.25, 0.3) is 0 Å². The van der Waals surface area contributed by atoms with Gasteiger partial charge in [0.25, 0.3) is 0 Å². The van der Waals surface area contributed by atoms with Crippen LogP contribution in [0, 0.1) is 0 Å². The maximum absolute atomic E-state index is 9.95. The highest BCUT2D eigenvalue weighted by molar-refractivity contribution is 6.67. The summed E-state index contributed by atoms with van der Waals surface area (Å²) in [7, 11) is 0. The van der Waals surface area contributed by atoms with Crippen molar-refractivity contribution < 1.29 is 5.11 Å². The second-order valence-electron chi connectivity index (χ2n) is 3.80. The van der Waals surface area contributed by atoms with Crippen molar-refractivity contribution in [2.45, 2.75) is 30.0 Å². The van der Waals surface area contributed by atoms with Gasteiger partial charge in [-0.3, -0.25) is 0 Å². The molecule has 0 saturated heterocycles. The Labute approximate surface area is 105 Å². The third-order valence-corrected chi connectivity index (χ3v) is 2.56. The number of para-hydroxylation sites is 1. The minimum Gasteiger partial charge on any atom is -0.507 e. The van der Waals surface area contributed by atoms with Crippen molar-refractivity contribution in [3.8, 4) is 5.75 Å². The summed E-state index contributed by atoms with van der Waals surface area (Å²) in [5, 5.41) is 9.95. The second-order valence-corrected chi connectivity index (χ2v) is 6.32. The van der Waals surface area contributed by atoms with Gasteiger partial charge in [0.1, 0.15) is 5.75 Å². The number of hydrogen-bond acceptors (Lipinski definition) is 1. The van der Waals surface area contributed by atoms with Gasteiger partial charge in [-0.15, -0.1) is 0 Å². The molecule has 0 fully saturated rings. The van der Waals surface area contributed by atoms with E-state index in [9.17, 15) is 5.11 Å². The van der Waals surface area contributed by atoms with Gasteiger partial charge in [0, 0.05) is 6.42 Å².